The van der Waals surface area contributed by atoms with Crippen molar-refractivity contribution in [1.82, 2.24) is 4.90 Å². The highest BCUT2D eigenvalue weighted by atomic mass is 15.1. The molecule has 120 valence electrons. The monoisotopic (exact) mass is 290 g/mol. The number of rotatable bonds is 4. The number of piperidine rings is 1. The van der Waals surface area contributed by atoms with E-state index in [1.54, 1.807) is 38.5 Å². The van der Waals surface area contributed by atoms with Gasteiger partial charge in [-0.2, -0.15) is 0 Å². The molecule has 1 atom stereocenters. The third kappa shape index (κ3) is 2.91. The largest absolute Gasteiger partial charge is 0.328 e. The molecule has 1 aliphatic heterocycles. The highest BCUT2D eigenvalue weighted by Crippen LogP contribution is 2.61. The minimum absolute atomic E-state index is 0.398. The topological polar surface area (TPSA) is 29.3 Å². The summed E-state index contributed by atoms with van der Waals surface area (Å²) in [6.45, 7) is 6.17. The highest BCUT2D eigenvalue weighted by Gasteiger charge is 2.50. The second kappa shape index (κ2) is 5.53. The van der Waals surface area contributed by atoms with Gasteiger partial charge in [-0.15, -0.1) is 0 Å². The van der Waals surface area contributed by atoms with Crippen LogP contribution in [0.15, 0.2) is 0 Å². The first-order valence-corrected chi connectivity index (χ1v) is 9.60. The molecule has 2 heteroatoms. The lowest BCUT2D eigenvalue weighted by molar-refractivity contribution is -0.0619. The minimum atomic E-state index is 0.398. The molecule has 4 bridgehead atoms. The Bertz CT molecular complexity index is 332. The SMILES string of the molecule is CC(N)C1CCN(CCC23CC4CC(CC(C4)C2)C3)CC1. The molecule has 21 heavy (non-hydrogen) atoms. The molecule has 0 radical (unpaired) electrons. The average Bonchev–Trinajstić information content (AvgIpc) is 2.44. The highest BCUT2D eigenvalue weighted by molar-refractivity contribution is 5.01. The van der Waals surface area contributed by atoms with Gasteiger partial charge in [-0.05, 0) is 113 Å². The van der Waals surface area contributed by atoms with E-state index in [1.165, 1.54) is 38.9 Å². The molecule has 5 fully saturated rings. The van der Waals surface area contributed by atoms with E-state index in [0.29, 0.717) is 6.04 Å². The first kappa shape index (κ1) is 14.5. The van der Waals surface area contributed by atoms with E-state index in [-0.39, 0.29) is 0 Å². The maximum absolute atomic E-state index is 6.07. The van der Waals surface area contributed by atoms with Crippen molar-refractivity contribution in [3.63, 3.8) is 0 Å². The Morgan fingerprint density at radius 2 is 1.52 bits per heavy atom. The van der Waals surface area contributed by atoms with Crippen LogP contribution in [0.3, 0.4) is 0 Å². The molecule has 4 aliphatic carbocycles. The van der Waals surface area contributed by atoms with Crippen LogP contribution in [-0.2, 0) is 0 Å². The normalized spacial score (nSPS) is 45.1. The maximum atomic E-state index is 6.07. The van der Waals surface area contributed by atoms with E-state index in [2.05, 4.69) is 11.8 Å². The lowest BCUT2D eigenvalue weighted by Crippen LogP contribution is -2.48. The quantitative estimate of drug-likeness (QED) is 0.856. The molecule has 0 aromatic heterocycles. The average molecular weight is 290 g/mol. The summed E-state index contributed by atoms with van der Waals surface area (Å²) in [7, 11) is 0. The van der Waals surface area contributed by atoms with Crippen molar-refractivity contribution in [2.45, 2.75) is 70.8 Å². The lowest BCUT2D eigenvalue weighted by atomic mass is 9.49. The van der Waals surface area contributed by atoms with Crippen LogP contribution in [0.25, 0.3) is 0 Å². The smallest absolute Gasteiger partial charge is 0.00397 e. The van der Waals surface area contributed by atoms with Crippen molar-refractivity contribution in [2.24, 2.45) is 34.8 Å². The number of nitrogens with two attached hydrogens (primary N) is 1. The second-order valence-electron chi connectivity index (χ2n) is 9.21. The van der Waals surface area contributed by atoms with Gasteiger partial charge in [-0.3, -0.25) is 0 Å². The predicted molar refractivity (Wildman–Crippen MR) is 88.0 cm³/mol. The second-order valence-corrected chi connectivity index (χ2v) is 9.21. The van der Waals surface area contributed by atoms with Crippen molar-refractivity contribution in [1.29, 1.82) is 0 Å². The van der Waals surface area contributed by atoms with Crippen LogP contribution in [0.2, 0.25) is 0 Å². The fourth-order valence-electron chi connectivity index (χ4n) is 6.69. The summed E-state index contributed by atoms with van der Waals surface area (Å²) in [6.07, 6.45) is 13.6. The molecule has 1 saturated heterocycles. The molecule has 1 unspecified atom stereocenters. The Morgan fingerprint density at radius 1 is 1.00 bits per heavy atom. The first-order chi connectivity index (χ1) is 10.1. The van der Waals surface area contributed by atoms with Gasteiger partial charge >= 0.3 is 0 Å². The van der Waals surface area contributed by atoms with Crippen LogP contribution in [0.1, 0.15) is 64.7 Å². The van der Waals surface area contributed by atoms with E-state index < -0.39 is 0 Å². The van der Waals surface area contributed by atoms with E-state index in [0.717, 1.165) is 29.1 Å². The summed E-state index contributed by atoms with van der Waals surface area (Å²) in [5.41, 5.74) is 6.84. The van der Waals surface area contributed by atoms with Crippen molar-refractivity contribution in [3.8, 4) is 0 Å². The number of nitrogens with zero attached hydrogens (tertiary/aromatic N) is 1. The summed E-state index contributed by atoms with van der Waals surface area (Å²) in [6, 6.07) is 0.398. The van der Waals surface area contributed by atoms with Crippen LogP contribution in [0.4, 0.5) is 0 Å². The molecule has 1 heterocycles. The van der Waals surface area contributed by atoms with Gasteiger partial charge in [0, 0.05) is 6.04 Å². The van der Waals surface area contributed by atoms with Gasteiger partial charge in [-0.25, -0.2) is 0 Å². The third-order valence-corrected chi connectivity index (χ3v) is 7.50. The standard InChI is InChI=1S/C19H34N2/c1-14(20)18-2-5-21(6-3-18)7-4-19-11-15-8-16(12-19)10-17(9-15)13-19/h14-18H,2-13,20H2,1H3. The zero-order chi connectivity index (χ0) is 14.4. The Labute approximate surface area is 130 Å². The van der Waals surface area contributed by atoms with Gasteiger partial charge in [0.15, 0.2) is 0 Å². The van der Waals surface area contributed by atoms with Gasteiger partial charge in [0.05, 0.1) is 0 Å². The Kier molecular flexibility index (Phi) is 3.82. The third-order valence-electron chi connectivity index (χ3n) is 7.50. The summed E-state index contributed by atoms with van der Waals surface area (Å²) in [5, 5.41) is 0. The van der Waals surface area contributed by atoms with Gasteiger partial charge in [0.25, 0.3) is 0 Å². The fourth-order valence-corrected chi connectivity index (χ4v) is 6.69. The van der Waals surface area contributed by atoms with E-state index >= 15 is 0 Å². The number of hydrogen-bond acceptors (Lipinski definition) is 2. The van der Waals surface area contributed by atoms with Crippen molar-refractivity contribution in [2.75, 3.05) is 19.6 Å². The van der Waals surface area contributed by atoms with Crippen LogP contribution in [-0.4, -0.2) is 30.6 Å². The first-order valence-electron chi connectivity index (χ1n) is 9.60. The van der Waals surface area contributed by atoms with Crippen molar-refractivity contribution in [3.05, 3.63) is 0 Å². The molecule has 5 rings (SSSR count). The molecule has 5 aliphatic rings. The number of likely N-dealkylation sites (tertiary alicyclic amines) is 1. The zero-order valence-corrected chi connectivity index (χ0v) is 13.9. The molecular weight excluding hydrogens is 256 g/mol. The molecule has 2 N–H and O–H groups in total. The Hall–Kier alpha value is -0.0800. The Balaban J connectivity index is 1.29. The van der Waals surface area contributed by atoms with Gasteiger partial charge in [0.2, 0.25) is 0 Å². The van der Waals surface area contributed by atoms with E-state index in [9.17, 15) is 0 Å². The summed E-state index contributed by atoms with van der Waals surface area (Å²) >= 11 is 0. The molecule has 0 aromatic rings. The van der Waals surface area contributed by atoms with E-state index in [4.69, 9.17) is 5.73 Å². The van der Waals surface area contributed by atoms with E-state index in [1.807, 2.05) is 0 Å². The van der Waals surface area contributed by atoms with Crippen LogP contribution >= 0.6 is 0 Å². The van der Waals surface area contributed by atoms with Crippen LogP contribution < -0.4 is 5.73 Å². The van der Waals surface area contributed by atoms with Crippen LogP contribution in [0.5, 0.6) is 0 Å². The maximum Gasteiger partial charge on any atom is 0.00397 e. The summed E-state index contributed by atoms with van der Waals surface area (Å²) in [4.78, 5) is 2.75. The van der Waals surface area contributed by atoms with Gasteiger partial charge < -0.3 is 10.6 Å². The van der Waals surface area contributed by atoms with Gasteiger partial charge in [-0.1, -0.05) is 0 Å². The molecule has 4 saturated carbocycles. The molecule has 0 spiro atoms. The lowest BCUT2D eigenvalue weighted by Gasteiger charge is -2.57. The molecule has 2 nitrogen and oxygen atoms in total. The molecular formula is C19H34N2. The predicted octanol–water partition coefficient (Wildman–Crippen LogP) is 3.65. The molecule has 0 aromatic carbocycles. The summed E-state index contributed by atoms with van der Waals surface area (Å²) < 4.78 is 0. The Morgan fingerprint density at radius 3 is 2.00 bits per heavy atom. The van der Waals surface area contributed by atoms with Crippen LogP contribution in [0, 0.1) is 29.1 Å². The van der Waals surface area contributed by atoms with Crippen molar-refractivity contribution < 1.29 is 0 Å². The van der Waals surface area contributed by atoms with Gasteiger partial charge in [0.1, 0.15) is 0 Å². The fraction of sp³-hybridized carbons (Fsp3) is 1.00. The van der Waals surface area contributed by atoms with Crippen molar-refractivity contribution >= 4 is 0 Å². The summed E-state index contributed by atoms with van der Waals surface area (Å²) in [5.74, 6) is 4.11. The number of hydrogen-bond donors (Lipinski definition) is 1. The zero-order valence-electron chi connectivity index (χ0n) is 13.9. The minimum Gasteiger partial charge on any atom is -0.328 e. The molecule has 0 amide bonds.